The fourth-order valence-corrected chi connectivity index (χ4v) is 0.816. The first kappa shape index (κ1) is 9.13. The Kier molecular flexibility index (Phi) is 2.24. The number of nitrogen functional groups attached to an aromatic ring is 1. The minimum atomic E-state index is -0.673. The minimum Gasteiger partial charge on any atom is -0.378 e. The molecule has 0 fully saturated rings. The van der Waals surface area contributed by atoms with E-state index in [0.29, 0.717) is 0 Å². The molecule has 0 aliphatic heterocycles. The van der Waals surface area contributed by atoms with Crippen LogP contribution in [0.2, 0.25) is 0 Å². The van der Waals surface area contributed by atoms with Gasteiger partial charge in [0, 0.05) is 7.05 Å². The molecule has 0 spiro atoms. The smallest absolute Gasteiger partial charge is 0.354 e. The molecule has 8 heteroatoms. The van der Waals surface area contributed by atoms with Crippen molar-refractivity contribution < 1.29 is 4.92 Å². The summed E-state index contributed by atoms with van der Waals surface area (Å²) in [5.41, 5.74) is 4.90. The summed E-state index contributed by atoms with van der Waals surface area (Å²) in [6.45, 7) is 0. The zero-order chi connectivity index (χ0) is 10.0. The van der Waals surface area contributed by atoms with Gasteiger partial charge in [-0.3, -0.25) is 15.1 Å². The number of hydrogen-bond acceptors (Lipinski definition) is 7. The number of hydrazine groups is 1. The maximum absolute atomic E-state index is 10.5. The van der Waals surface area contributed by atoms with Gasteiger partial charge in [0.05, 0.1) is 4.92 Å². The van der Waals surface area contributed by atoms with Crippen LogP contribution in [0.3, 0.4) is 0 Å². The van der Waals surface area contributed by atoms with E-state index in [2.05, 4.69) is 9.97 Å². The summed E-state index contributed by atoms with van der Waals surface area (Å²) in [6.07, 6.45) is 1.11. The molecular formula is C5H8N6O2. The Bertz CT molecular complexity index is 338. The molecule has 1 aromatic heterocycles. The number of aromatic nitrogens is 2. The normalized spacial score (nSPS) is 9.69. The Morgan fingerprint density at radius 1 is 1.62 bits per heavy atom. The van der Waals surface area contributed by atoms with Crippen LogP contribution in [0.15, 0.2) is 6.33 Å². The molecule has 0 amide bonds. The van der Waals surface area contributed by atoms with Crippen molar-refractivity contribution in [1.82, 2.24) is 9.97 Å². The highest BCUT2D eigenvalue weighted by atomic mass is 16.6. The molecule has 0 aliphatic rings. The van der Waals surface area contributed by atoms with Crippen LogP contribution in [-0.4, -0.2) is 21.9 Å². The van der Waals surface area contributed by atoms with Gasteiger partial charge < -0.3 is 5.73 Å². The Morgan fingerprint density at radius 2 is 2.23 bits per heavy atom. The molecule has 4 N–H and O–H groups in total. The van der Waals surface area contributed by atoms with Gasteiger partial charge in [0.2, 0.25) is 11.6 Å². The van der Waals surface area contributed by atoms with Gasteiger partial charge in [-0.25, -0.2) is 15.8 Å². The molecule has 0 atom stereocenters. The van der Waals surface area contributed by atoms with E-state index in [4.69, 9.17) is 11.6 Å². The fraction of sp³-hybridized carbons (Fsp3) is 0.200. The Balaban J connectivity index is 3.34. The van der Waals surface area contributed by atoms with E-state index < -0.39 is 4.92 Å². The first-order valence-electron chi connectivity index (χ1n) is 3.27. The van der Waals surface area contributed by atoms with E-state index in [1.54, 1.807) is 0 Å². The number of nitrogens with two attached hydrogens (primary N) is 2. The van der Waals surface area contributed by atoms with Crippen molar-refractivity contribution in [3.63, 3.8) is 0 Å². The molecule has 70 valence electrons. The van der Waals surface area contributed by atoms with Crippen molar-refractivity contribution in [3.8, 4) is 0 Å². The van der Waals surface area contributed by atoms with Gasteiger partial charge in [0.1, 0.15) is 6.33 Å². The van der Waals surface area contributed by atoms with Gasteiger partial charge in [0.15, 0.2) is 0 Å². The largest absolute Gasteiger partial charge is 0.378 e. The number of nitro groups is 1. The monoisotopic (exact) mass is 184 g/mol. The molecule has 0 aromatic carbocycles. The maximum Gasteiger partial charge on any atom is 0.354 e. The Morgan fingerprint density at radius 3 is 2.62 bits per heavy atom. The van der Waals surface area contributed by atoms with Crippen LogP contribution in [0.1, 0.15) is 0 Å². The summed E-state index contributed by atoms with van der Waals surface area (Å²) in [4.78, 5) is 17.0. The lowest BCUT2D eigenvalue weighted by atomic mass is 10.4. The molecule has 13 heavy (non-hydrogen) atoms. The van der Waals surface area contributed by atoms with Crippen LogP contribution in [0, 0.1) is 10.1 Å². The average Bonchev–Trinajstić information content (AvgIpc) is 2.02. The van der Waals surface area contributed by atoms with Crippen LogP contribution in [0.4, 0.5) is 17.3 Å². The zero-order valence-electron chi connectivity index (χ0n) is 6.84. The van der Waals surface area contributed by atoms with Gasteiger partial charge in [-0.05, 0) is 0 Å². The second-order valence-electron chi connectivity index (χ2n) is 2.30. The van der Waals surface area contributed by atoms with Crippen molar-refractivity contribution in [2.75, 3.05) is 17.8 Å². The number of rotatable bonds is 2. The van der Waals surface area contributed by atoms with Gasteiger partial charge >= 0.3 is 5.69 Å². The maximum atomic E-state index is 10.5. The van der Waals surface area contributed by atoms with Crippen LogP contribution < -0.4 is 16.6 Å². The molecule has 1 rings (SSSR count). The molecule has 0 aliphatic carbocycles. The lowest BCUT2D eigenvalue weighted by Gasteiger charge is -2.10. The quantitative estimate of drug-likeness (QED) is 0.353. The lowest BCUT2D eigenvalue weighted by Crippen LogP contribution is -2.27. The molecule has 1 aromatic rings. The van der Waals surface area contributed by atoms with Gasteiger partial charge in [-0.15, -0.1) is 0 Å². The van der Waals surface area contributed by atoms with Gasteiger partial charge in [-0.1, -0.05) is 0 Å². The van der Waals surface area contributed by atoms with E-state index in [1.807, 2.05) is 0 Å². The predicted molar refractivity (Wildman–Crippen MR) is 45.7 cm³/mol. The molecule has 0 saturated heterocycles. The van der Waals surface area contributed by atoms with Gasteiger partial charge in [0.25, 0.3) is 0 Å². The molecule has 8 nitrogen and oxygen atoms in total. The number of anilines is 2. The van der Waals surface area contributed by atoms with Crippen molar-refractivity contribution in [2.24, 2.45) is 5.84 Å². The summed E-state index contributed by atoms with van der Waals surface area (Å²) in [5.74, 6) is 5.09. The second-order valence-corrected chi connectivity index (χ2v) is 2.30. The molecule has 0 radical (unpaired) electrons. The molecule has 0 saturated carbocycles. The average molecular weight is 184 g/mol. The number of nitrogens with zero attached hydrogens (tertiary/aromatic N) is 4. The highest BCUT2D eigenvalue weighted by molar-refractivity contribution is 5.67. The topological polar surface area (TPSA) is 124 Å². The molecule has 0 bridgehead atoms. The summed E-state index contributed by atoms with van der Waals surface area (Å²) in [5, 5.41) is 11.5. The number of hydrogen-bond donors (Lipinski definition) is 2. The molecule has 1 heterocycles. The van der Waals surface area contributed by atoms with Crippen LogP contribution in [-0.2, 0) is 0 Å². The lowest BCUT2D eigenvalue weighted by molar-refractivity contribution is -0.383. The summed E-state index contributed by atoms with van der Waals surface area (Å²) < 4.78 is 0. The van der Waals surface area contributed by atoms with Crippen LogP contribution in [0.5, 0.6) is 0 Å². The summed E-state index contributed by atoms with van der Waals surface area (Å²) in [6, 6.07) is 0. The standard InChI is InChI=1S/C5H8N6O2/c1-10(7)5-3(11(12)13)4(6)8-2-9-5/h2H,7H2,1H3,(H2,6,8,9). The van der Waals surface area contributed by atoms with Crippen molar-refractivity contribution in [1.29, 1.82) is 0 Å². The van der Waals surface area contributed by atoms with E-state index in [1.165, 1.54) is 7.05 Å². The van der Waals surface area contributed by atoms with E-state index in [0.717, 1.165) is 11.3 Å². The van der Waals surface area contributed by atoms with E-state index in [-0.39, 0.29) is 17.3 Å². The summed E-state index contributed by atoms with van der Waals surface area (Å²) in [7, 11) is 1.43. The summed E-state index contributed by atoms with van der Waals surface area (Å²) >= 11 is 0. The van der Waals surface area contributed by atoms with Crippen LogP contribution in [0.25, 0.3) is 0 Å². The predicted octanol–water partition coefficient (Wildman–Crippen LogP) is -0.723. The second kappa shape index (κ2) is 3.19. The zero-order valence-corrected chi connectivity index (χ0v) is 6.84. The Labute approximate surface area is 73.3 Å². The highest BCUT2D eigenvalue weighted by Crippen LogP contribution is 2.26. The first-order chi connectivity index (χ1) is 6.04. The third-order valence-corrected chi connectivity index (χ3v) is 1.35. The molecule has 0 unspecified atom stereocenters. The third-order valence-electron chi connectivity index (χ3n) is 1.35. The van der Waals surface area contributed by atoms with Crippen molar-refractivity contribution in [3.05, 3.63) is 16.4 Å². The SMILES string of the molecule is CN(N)c1ncnc(N)c1[N+](=O)[O-]. The van der Waals surface area contributed by atoms with Crippen molar-refractivity contribution >= 4 is 17.3 Å². The van der Waals surface area contributed by atoms with E-state index >= 15 is 0 Å². The third kappa shape index (κ3) is 1.62. The first-order valence-corrected chi connectivity index (χ1v) is 3.27. The van der Waals surface area contributed by atoms with Crippen molar-refractivity contribution in [2.45, 2.75) is 0 Å². The van der Waals surface area contributed by atoms with E-state index in [9.17, 15) is 10.1 Å². The van der Waals surface area contributed by atoms with Crippen LogP contribution >= 0.6 is 0 Å². The minimum absolute atomic E-state index is 0.0162. The highest BCUT2D eigenvalue weighted by Gasteiger charge is 2.22. The fourth-order valence-electron chi connectivity index (χ4n) is 0.816. The van der Waals surface area contributed by atoms with Gasteiger partial charge in [-0.2, -0.15) is 0 Å². The Hall–Kier alpha value is -1.96. The molecular weight excluding hydrogens is 176 g/mol.